The standard InChI is InChI=1S/C10H13NSi/c1-7-10(12(2)3)8-5-4-6-9(8)11-7/h4-7H,1-3H3. The van der Waals surface area contributed by atoms with Crippen LogP contribution in [-0.2, 0) is 0 Å². The minimum Gasteiger partial charge on any atom is -0.277 e. The fourth-order valence-electron chi connectivity index (χ4n) is 1.94. The van der Waals surface area contributed by atoms with Crippen LogP contribution in [0.15, 0.2) is 28.8 Å². The number of fused-ring (bicyclic) bond motifs is 1. The Morgan fingerprint density at radius 2 is 2.17 bits per heavy atom. The Morgan fingerprint density at radius 1 is 1.42 bits per heavy atom. The van der Waals surface area contributed by atoms with Crippen LogP contribution in [0.1, 0.15) is 6.92 Å². The van der Waals surface area contributed by atoms with Gasteiger partial charge >= 0.3 is 0 Å². The zero-order valence-electron chi connectivity index (χ0n) is 7.76. The normalized spacial score (nSPS) is 25.6. The van der Waals surface area contributed by atoms with E-state index >= 15 is 0 Å². The van der Waals surface area contributed by atoms with E-state index in [0.29, 0.717) is 6.04 Å². The first kappa shape index (κ1) is 7.86. The molecule has 0 radical (unpaired) electrons. The van der Waals surface area contributed by atoms with Crippen LogP contribution in [0.4, 0.5) is 0 Å². The number of nitrogens with zero attached hydrogens (tertiary/aromatic N) is 1. The molecule has 1 aliphatic heterocycles. The van der Waals surface area contributed by atoms with E-state index in [-0.39, 0.29) is 8.41 Å². The zero-order valence-corrected chi connectivity index (χ0v) is 8.76. The second-order valence-electron chi connectivity index (χ2n) is 3.54. The summed E-state index contributed by atoms with van der Waals surface area (Å²) in [5.74, 6) is 0. The molecular weight excluding hydrogens is 162 g/mol. The van der Waals surface area contributed by atoms with E-state index in [0.717, 1.165) is 0 Å². The molecule has 0 aromatic rings. The van der Waals surface area contributed by atoms with Crippen LogP contribution in [0.3, 0.4) is 0 Å². The maximum absolute atomic E-state index is 4.60. The maximum atomic E-state index is 4.60. The first-order valence-corrected chi connectivity index (χ1v) is 6.84. The van der Waals surface area contributed by atoms with Gasteiger partial charge in [-0.2, -0.15) is 0 Å². The van der Waals surface area contributed by atoms with Gasteiger partial charge in [-0.1, -0.05) is 25.2 Å². The summed E-state index contributed by atoms with van der Waals surface area (Å²) in [6.45, 7) is 6.88. The molecule has 0 aromatic carbocycles. The van der Waals surface area contributed by atoms with E-state index in [9.17, 15) is 0 Å². The van der Waals surface area contributed by atoms with Gasteiger partial charge in [0.05, 0.1) is 11.8 Å². The third kappa shape index (κ3) is 0.984. The van der Waals surface area contributed by atoms with Crippen LogP contribution >= 0.6 is 0 Å². The van der Waals surface area contributed by atoms with Crippen molar-refractivity contribution in [3.8, 4) is 0 Å². The van der Waals surface area contributed by atoms with E-state index in [1.807, 2.05) is 0 Å². The Morgan fingerprint density at radius 3 is 2.83 bits per heavy atom. The Kier molecular flexibility index (Phi) is 1.72. The molecule has 0 spiro atoms. The third-order valence-corrected chi connectivity index (χ3v) is 4.14. The van der Waals surface area contributed by atoms with Gasteiger partial charge in [0.25, 0.3) is 0 Å². The SMILES string of the molecule is CC1N=C2C=CC=C2C1=[Si](C)C. The first-order valence-electron chi connectivity index (χ1n) is 4.34. The minimum absolute atomic E-state index is 0.320. The predicted molar refractivity (Wildman–Crippen MR) is 56.6 cm³/mol. The highest BCUT2D eigenvalue weighted by Gasteiger charge is 2.25. The Balaban J connectivity index is 2.52. The number of aliphatic imine (C=N–C) groups is 1. The second kappa shape index (κ2) is 2.63. The predicted octanol–water partition coefficient (Wildman–Crippen LogP) is 1.83. The minimum atomic E-state index is -0.320. The van der Waals surface area contributed by atoms with Crippen molar-refractivity contribution in [1.82, 2.24) is 0 Å². The topological polar surface area (TPSA) is 12.4 Å². The van der Waals surface area contributed by atoms with Crippen molar-refractivity contribution in [3.63, 3.8) is 0 Å². The molecule has 0 N–H and O–H groups in total. The molecule has 1 nitrogen and oxygen atoms in total. The number of hydrogen-bond acceptors (Lipinski definition) is 1. The molecule has 0 fully saturated rings. The highest BCUT2D eigenvalue weighted by Crippen LogP contribution is 2.21. The average Bonchev–Trinajstić information content (AvgIpc) is 2.44. The van der Waals surface area contributed by atoms with Crippen LogP contribution in [-0.4, -0.2) is 25.3 Å². The lowest BCUT2D eigenvalue weighted by molar-refractivity contribution is 1.01. The average molecular weight is 175 g/mol. The van der Waals surface area contributed by atoms with E-state index < -0.39 is 0 Å². The fourth-order valence-corrected chi connectivity index (χ4v) is 3.59. The number of hydrogen-bond donors (Lipinski definition) is 0. The molecular formula is C10H13NSi. The molecule has 1 heterocycles. The first-order chi connectivity index (χ1) is 5.70. The summed E-state index contributed by atoms with van der Waals surface area (Å²) in [6, 6.07) is 0.445. The van der Waals surface area contributed by atoms with E-state index in [4.69, 9.17) is 0 Å². The van der Waals surface area contributed by atoms with Crippen molar-refractivity contribution in [2.24, 2.45) is 4.99 Å². The Bertz CT molecular complexity index is 341. The van der Waals surface area contributed by atoms with Crippen molar-refractivity contribution in [2.75, 3.05) is 0 Å². The van der Waals surface area contributed by atoms with Crippen LogP contribution in [0, 0.1) is 0 Å². The third-order valence-electron chi connectivity index (χ3n) is 2.37. The van der Waals surface area contributed by atoms with Gasteiger partial charge < -0.3 is 0 Å². The summed E-state index contributed by atoms with van der Waals surface area (Å²) in [5, 5.41) is 1.60. The highest BCUT2D eigenvalue weighted by atomic mass is 28.2. The van der Waals surface area contributed by atoms with E-state index in [1.54, 1.807) is 5.17 Å². The van der Waals surface area contributed by atoms with Crippen molar-refractivity contribution in [1.29, 1.82) is 0 Å². The Labute approximate surface area is 74.7 Å². The van der Waals surface area contributed by atoms with Gasteiger partial charge in [0.2, 0.25) is 0 Å². The largest absolute Gasteiger partial charge is 0.277 e. The van der Waals surface area contributed by atoms with Gasteiger partial charge in [-0.3, -0.25) is 4.99 Å². The van der Waals surface area contributed by atoms with Crippen molar-refractivity contribution in [2.45, 2.75) is 26.1 Å². The molecule has 0 aromatic heterocycles. The van der Waals surface area contributed by atoms with Crippen LogP contribution in [0.25, 0.3) is 0 Å². The second-order valence-corrected chi connectivity index (χ2v) is 6.08. The van der Waals surface area contributed by atoms with Gasteiger partial charge in [-0.15, -0.1) is 0 Å². The summed E-state index contributed by atoms with van der Waals surface area (Å²) in [7, 11) is -0.320. The van der Waals surface area contributed by atoms with Crippen LogP contribution < -0.4 is 0 Å². The molecule has 0 amide bonds. The molecule has 12 heavy (non-hydrogen) atoms. The Hall–Kier alpha value is -0.763. The van der Waals surface area contributed by atoms with Gasteiger partial charge in [-0.25, -0.2) is 0 Å². The van der Waals surface area contributed by atoms with Gasteiger partial charge in [0.1, 0.15) is 0 Å². The zero-order chi connectivity index (χ0) is 8.72. The van der Waals surface area contributed by atoms with E-state index in [1.165, 1.54) is 11.3 Å². The number of allylic oxidation sites excluding steroid dienone is 3. The smallest absolute Gasteiger partial charge is 0.0691 e. The van der Waals surface area contributed by atoms with Crippen molar-refractivity contribution >= 4 is 19.3 Å². The van der Waals surface area contributed by atoms with Crippen molar-refractivity contribution in [3.05, 3.63) is 23.8 Å². The lowest BCUT2D eigenvalue weighted by atomic mass is 10.1. The highest BCUT2D eigenvalue weighted by molar-refractivity contribution is 6.76. The van der Waals surface area contributed by atoms with Gasteiger partial charge in [-0.05, 0) is 18.2 Å². The molecule has 0 bridgehead atoms. The summed E-state index contributed by atoms with van der Waals surface area (Å²) >= 11 is 0. The molecule has 2 aliphatic rings. The molecule has 2 heteroatoms. The summed E-state index contributed by atoms with van der Waals surface area (Å²) in [6.07, 6.45) is 6.42. The molecule has 0 saturated heterocycles. The summed E-state index contributed by atoms with van der Waals surface area (Å²) in [4.78, 5) is 4.60. The van der Waals surface area contributed by atoms with Gasteiger partial charge in [0.15, 0.2) is 0 Å². The molecule has 2 rings (SSSR count). The quantitative estimate of drug-likeness (QED) is 0.498. The summed E-state index contributed by atoms with van der Waals surface area (Å²) < 4.78 is 0. The molecule has 1 aliphatic carbocycles. The molecule has 1 atom stereocenters. The number of rotatable bonds is 0. The fraction of sp³-hybridized carbons (Fsp3) is 0.400. The molecule has 0 saturated carbocycles. The van der Waals surface area contributed by atoms with Gasteiger partial charge in [0, 0.05) is 14.0 Å². The lowest BCUT2D eigenvalue weighted by Gasteiger charge is -2.06. The maximum Gasteiger partial charge on any atom is 0.0691 e. The summed E-state index contributed by atoms with van der Waals surface area (Å²) in [5.41, 5.74) is 2.63. The molecule has 1 unspecified atom stereocenters. The molecule has 62 valence electrons. The van der Waals surface area contributed by atoms with Crippen LogP contribution in [0.2, 0.25) is 13.1 Å². The van der Waals surface area contributed by atoms with Crippen LogP contribution in [0.5, 0.6) is 0 Å². The lowest BCUT2D eigenvalue weighted by Crippen LogP contribution is -2.19. The van der Waals surface area contributed by atoms with Crippen molar-refractivity contribution < 1.29 is 0 Å². The van der Waals surface area contributed by atoms with E-state index in [2.05, 4.69) is 43.2 Å². The monoisotopic (exact) mass is 175 g/mol.